The Hall–Kier alpha value is -1.42. The van der Waals surface area contributed by atoms with E-state index in [0.717, 1.165) is 5.56 Å². The molecule has 0 aliphatic heterocycles. The van der Waals surface area contributed by atoms with Gasteiger partial charge < -0.3 is 9.84 Å². The van der Waals surface area contributed by atoms with Crippen molar-refractivity contribution in [2.45, 2.75) is 0 Å². The van der Waals surface area contributed by atoms with Crippen molar-refractivity contribution in [3.8, 4) is 5.75 Å². The summed E-state index contributed by atoms with van der Waals surface area (Å²) in [6.07, 6.45) is 3.66. The molecule has 1 aromatic rings. The summed E-state index contributed by atoms with van der Waals surface area (Å²) < 4.78 is 4.95. The highest BCUT2D eigenvalue weighted by atomic mass is 32.1. The summed E-state index contributed by atoms with van der Waals surface area (Å²) in [4.78, 5) is 10.9. The lowest BCUT2D eigenvalue weighted by atomic mass is 10.1. The summed E-state index contributed by atoms with van der Waals surface area (Å²) in [5.74, 6) is -0.00691. The van der Waals surface area contributed by atoms with E-state index in [-0.39, 0.29) is 5.56 Å². The van der Waals surface area contributed by atoms with E-state index in [9.17, 15) is 4.79 Å². The fourth-order valence-electron chi connectivity index (χ4n) is 1.19. The number of carboxylic acids is 1. The minimum absolute atomic E-state index is 0.166. The van der Waals surface area contributed by atoms with Gasteiger partial charge in [0.05, 0.1) is 7.11 Å². The number of thiol groups is 1. The maximum Gasteiger partial charge on any atom is 0.339 e. The van der Waals surface area contributed by atoms with Crippen LogP contribution in [-0.4, -0.2) is 23.9 Å². The first-order valence-corrected chi connectivity index (χ1v) is 5.01. The van der Waals surface area contributed by atoms with Crippen LogP contribution in [0, 0.1) is 0 Å². The van der Waals surface area contributed by atoms with E-state index in [4.69, 9.17) is 9.84 Å². The molecule has 4 heteroatoms. The van der Waals surface area contributed by atoms with Crippen molar-refractivity contribution in [1.29, 1.82) is 0 Å². The fraction of sp³-hybridized carbons (Fsp3) is 0.182. The molecule has 80 valence electrons. The van der Waals surface area contributed by atoms with Gasteiger partial charge in [-0.1, -0.05) is 18.2 Å². The van der Waals surface area contributed by atoms with E-state index in [1.807, 2.05) is 12.2 Å². The van der Waals surface area contributed by atoms with Gasteiger partial charge in [0.25, 0.3) is 0 Å². The zero-order chi connectivity index (χ0) is 11.3. The first kappa shape index (κ1) is 11.7. The summed E-state index contributed by atoms with van der Waals surface area (Å²) in [6.45, 7) is 0. The van der Waals surface area contributed by atoms with E-state index in [1.165, 1.54) is 7.11 Å². The normalized spacial score (nSPS) is 10.5. The number of benzene rings is 1. The number of aromatic carboxylic acids is 1. The Morgan fingerprint density at radius 1 is 1.60 bits per heavy atom. The van der Waals surface area contributed by atoms with Crippen LogP contribution >= 0.6 is 12.6 Å². The van der Waals surface area contributed by atoms with Crippen LogP contribution in [0.3, 0.4) is 0 Å². The van der Waals surface area contributed by atoms with Crippen LogP contribution in [0.15, 0.2) is 24.3 Å². The average molecular weight is 224 g/mol. The van der Waals surface area contributed by atoms with Crippen LogP contribution in [0.25, 0.3) is 6.08 Å². The minimum Gasteiger partial charge on any atom is -0.496 e. The topological polar surface area (TPSA) is 46.5 Å². The molecule has 0 aliphatic carbocycles. The Labute approximate surface area is 93.8 Å². The van der Waals surface area contributed by atoms with Gasteiger partial charge >= 0.3 is 5.97 Å². The van der Waals surface area contributed by atoms with Crippen LogP contribution in [-0.2, 0) is 0 Å². The van der Waals surface area contributed by atoms with Gasteiger partial charge in [0.2, 0.25) is 0 Å². The van der Waals surface area contributed by atoms with Crippen LogP contribution < -0.4 is 4.74 Å². The third-order valence-corrected chi connectivity index (χ3v) is 2.08. The SMILES string of the molecule is COc1ccc(C=CCS)cc1C(=O)O. The summed E-state index contributed by atoms with van der Waals surface area (Å²) in [6, 6.07) is 5.01. The highest BCUT2D eigenvalue weighted by Crippen LogP contribution is 2.20. The average Bonchev–Trinajstić information content (AvgIpc) is 2.25. The zero-order valence-electron chi connectivity index (χ0n) is 8.30. The van der Waals surface area contributed by atoms with Gasteiger partial charge in [-0.25, -0.2) is 4.79 Å². The molecule has 1 rings (SSSR count). The predicted octanol–water partition coefficient (Wildman–Crippen LogP) is 2.34. The summed E-state index contributed by atoms with van der Waals surface area (Å²) in [5, 5.41) is 8.93. The fourth-order valence-corrected chi connectivity index (χ4v) is 1.29. The van der Waals surface area contributed by atoms with E-state index in [0.29, 0.717) is 11.5 Å². The molecule has 0 fully saturated rings. The van der Waals surface area contributed by atoms with Crippen LogP contribution in [0.5, 0.6) is 5.75 Å². The molecule has 0 unspecified atom stereocenters. The molecule has 0 atom stereocenters. The molecule has 0 aromatic heterocycles. The van der Waals surface area contributed by atoms with E-state index in [2.05, 4.69) is 12.6 Å². The molecular weight excluding hydrogens is 212 g/mol. The van der Waals surface area contributed by atoms with Crippen molar-refractivity contribution in [3.63, 3.8) is 0 Å². The van der Waals surface area contributed by atoms with Gasteiger partial charge in [0.15, 0.2) is 0 Å². The van der Waals surface area contributed by atoms with E-state index < -0.39 is 5.97 Å². The van der Waals surface area contributed by atoms with Crippen molar-refractivity contribution < 1.29 is 14.6 Å². The summed E-state index contributed by atoms with van der Waals surface area (Å²) in [7, 11) is 1.45. The molecule has 3 nitrogen and oxygen atoms in total. The number of hydrogen-bond acceptors (Lipinski definition) is 3. The largest absolute Gasteiger partial charge is 0.496 e. The maximum absolute atomic E-state index is 10.9. The number of ether oxygens (including phenoxy) is 1. The number of methoxy groups -OCH3 is 1. The lowest BCUT2D eigenvalue weighted by Crippen LogP contribution is -2.00. The first-order chi connectivity index (χ1) is 7.19. The Kier molecular flexibility index (Phi) is 4.24. The highest BCUT2D eigenvalue weighted by molar-refractivity contribution is 7.80. The van der Waals surface area contributed by atoms with Crippen molar-refractivity contribution in [2.75, 3.05) is 12.9 Å². The molecule has 0 aliphatic rings. The van der Waals surface area contributed by atoms with Crippen LogP contribution in [0.1, 0.15) is 15.9 Å². The first-order valence-electron chi connectivity index (χ1n) is 4.37. The highest BCUT2D eigenvalue weighted by Gasteiger charge is 2.10. The molecule has 0 heterocycles. The molecule has 0 saturated carbocycles. The van der Waals surface area contributed by atoms with Gasteiger partial charge in [0, 0.05) is 5.75 Å². The van der Waals surface area contributed by atoms with Crippen molar-refractivity contribution in [2.24, 2.45) is 0 Å². The van der Waals surface area contributed by atoms with Gasteiger partial charge in [-0.15, -0.1) is 0 Å². The standard InChI is InChI=1S/C11H12O3S/c1-14-10-5-4-8(3-2-6-15)7-9(10)11(12)13/h2-5,7,15H,6H2,1H3,(H,12,13). The van der Waals surface area contributed by atoms with Crippen molar-refractivity contribution in [3.05, 3.63) is 35.4 Å². The van der Waals surface area contributed by atoms with Gasteiger partial charge in [-0.3, -0.25) is 0 Å². The number of hydrogen-bond donors (Lipinski definition) is 2. The van der Waals surface area contributed by atoms with E-state index >= 15 is 0 Å². The van der Waals surface area contributed by atoms with Crippen molar-refractivity contribution >= 4 is 24.7 Å². The molecule has 0 saturated heterocycles. The molecule has 1 aromatic carbocycles. The zero-order valence-corrected chi connectivity index (χ0v) is 9.20. The Bertz CT molecular complexity index is 385. The van der Waals surface area contributed by atoms with Crippen molar-refractivity contribution in [1.82, 2.24) is 0 Å². The second-order valence-corrected chi connectivity index (χ2v) is 3.21. The van der Waals surface area contributed by atoms with Gasteiger partial charge in [-0.05, 0) is 17.7 Å². The number of carbonyl (C=O) groups is 1. The Morgan fingerprint density at radius 3 is 2.87 bits per heavy atom. The third kappa shape index (κ3) is 3.02. The van der Waals surface area contributed by atoms with Crippen LogP contribution in [0.2, 0.25) is 0 Å². The molecular formula is C11H12O3S. The molecule has 0 bridgehead atoms. The minimum atomic E-state index is -0.993. The smallest absolute Gasteiger partial charge is 0.339 e. The molecule has 0 amide bonds. The van der Waals surface area contributed by atoms with Crippen LogP contribution in [0.4, 0.5) is 0 Å². The molecule has 1 N–H and O–H groups in total. The summed E-state index contributed by atoms with van der Waals surface area (Å²) in [5.41, 5.74) is 0.987. The second kappa shape index (κ2) is 5.46. The molecule has 0 radical (unpaired) electrons. The number of carboxylic acid groups (broad SMARTS) is 1. The van der Waals surface area contributed by atoms with Gasteiger partial charge in [-0.2, -0.15) is 12.6 Å². The number of rotatable bonds is 4. The van der Waals surface area contributed by atoms with E-state index in [1.54, 1.807) is 18.2 Å². The monoisotopic (exact) mass is 224 g/mol. The lowest BCUT2D eigenvalue weighted by Gasteiger charge is -2.05. The Morgan fingerprint density at radius 2 is 2.33 bits per heavy atom. The molecule has 0 spiro atoms. The van der Waals surface area contributed by atoms with Gasteiger partial charge in [0.1, 0.15) is 11.3 Å². The molecule has 15 heavy (non-hydrogen) atoms. The quantitative estimate of drug-likeness (QED) is 0.772. The Balaban J connectivity index is 3.10. The summed E-state index contributed by atoms with van der Waals surface area (Å²) >= 11 is 4.03. The predicted molar refractivity (Wildman–Crippen MR) is 62.8 cm³/mol. The lowest BCUT2D eigenvalue weighted by molar-refractivity contribution is 0.0693. The third-order valence-electron chi connectivity index (χ3n) is 1.87. The maximum atomic E-state index is 10.9. The second-order valence-electron chi connectivity index (χ2n) is 2.85.